The highest BCUT2D eigenvalue weighted by Crippen LogP contribution is 2.31. The molecule has 96 valence electrons. The summed E-state index contributed by atoms with van der Waals surface area (Å²) in [5.74, 6) is 0.399. The van der Waals surface area contributed by atoms with Crippen molar-refractivity contribution in [3.8, 4) is 0 Å². The minimum Gasteiger partial charge on any atom is -0.466 e. The summed E-state index contributed by atoms with van der Waals surface area (Å²) in [6.07, 6.45) is 5.98. The molecule has 0 saturated carbocycles. The Balaban J connectivity index is 1.90. The van der Waals surface area contributed by atoms with Gasteiger partial charge in [-0.1, -0.05) is 36.4 Å². The number of rotatable bonds is 4. The molecule has 0 radical (unpaired) electrons. The van der Waals surface area contributed by atoms with Crippen molar-refractivity contribution in [1.82, 2.24) is 0 Å². The molecule has 0 heterocycles. The zero-order valence-corrected chi connectivity index (χ0v) is 10.9. The van der Waals surface area contributed by atoms with E-state index in [1.54, 1.807) is 0 Å². The molecule has 0 spiro atoms. The van der Waals surface area contributed by atoms with Gasteiger partial charge in [-0.25, -0.2) is 0 Å². The lowest BCUT2D eigenvalue weighted by Crippen LogP contribution is -2.13. The quantitative estimate of drug-likeness (QED) is 0.752. The SMILES string of the molecule is CCOC(=O)CC1CC=C(c2ccccc2)CC1. The summed E-state index contributed by atoms with van der Waals surface area (Å²) in [4.78, 5) is 11.4. The summed E-state index contributed by atoms with van der Waals surface area (Å²) in [6.45, 7) is 2.34. The molecule has 18 heavy (non-hydrogen) atoms. The van der Waals surface area contributed by atoms with Crippen molar-refractivity contribution >= 4 is 11.5 Å². The number of esters is 1. The summed E-state index contributed by atoms with van der Waals surface area (Å²) < 4.78 is 5.00. The molecule has 1 unspecified atom stereocenters. The van der Waals surface area contributed by atoms with Crippen molar-refractivity contribution in [2.45, 2.75) is 32.6 Å². The summed E-state index contributed by atoms with van der Waals surface area (Å²) >= 11 is 0. The highest BCUT2D eigenvalue weighted by molar-refractivity contribution is 5.70. The Labute approximate surface area is 109 Å². The van der Waals surface area contributed by atoms with Gasteiger partial charge in [0.25, 0.3) is 0 Å². The molecule has 0 bridgehead atoms. The Hall–Kier alpha value is -1.57. The third kappa shape index (κ3) is 3.46. The Bertz CT molecular complexity index is 420. The first-order valence-electron chi connectivity index (χ1n) is 6.69. The van der Waals surface area contributed by atoms with E-state index in [9.17, 15) is 4.79 Å². The summed E-state index contributed by atoms with van der Waals surface area (Å²) in [5.41, 5.74) is 2.72. The molecule has 0 fully saturated rings. The first-order chi connectivity index (χ1) is 8.79. The van der Waals surface area contributed by atoms with Crippen molar-refractivity contribution in [2.24, 2.45) is 5.92 Å². The maximum absolute atomic E-state index is 11.4. The van der Waals surface area contributed by atoms with Crippen LogP contribution < -0.4 is 0 Å². The second-order valence-electron chi connectivity index (χ2n) is 4.74. The lowest BCUT2D eigenvalue weighted by molar-refractivity contribution is -0.144. The van der Waals surface area contributed by atoms with Crippen LogP contribution in [0.2, 0.25) is 0 Å². The Morgan fingerprint density at radius 1 is 1.33 bits per heavy atom. The third-order valence-electron chi connectivity index (χ3n) is 3.42. The fourth-order valence-electron chi connectivity index (χ4n) is 2.44. The van der Waals surface area contributed by atoms with Gasteiger partial charge in [0.1, 0.15) is 0 Å². The van der Waals surface area contributed by atoms with Gasteiger partial charge in [0.2, 0.25) is 0 Å². The first-order valence-corrected chi connectivity index (χ1v) is 6.69. The summed E-state index contributed by atoms with van der Waals surface area (Å²) in [5, 5.41) is 0. The molecule has 0 N–H and O–H groups in total. The minimum atomic E-state index is -0.0564. The monoisotopic (exact) mass is 244 g/mol. The molecule has 2 nitrogen and oxygen atoms in total. The van der Waals surface area contributed by atoms with Gasteiger partial charge in [0, 0.05) is 6.42 Å². The fraction of sp³-hybridized carbons (Fsp3) is 0.438. The molecule has 0 saturated heterocycles. The van der Waals surface area contributed by atoms with Crippen LogP contribution in [0.3, 0.4) is 0 Å². The topological polar surface area (TPSA) is 26.3 Å². The highest BCUT2D eigenvalue weighted by Gasteiger charge is 2.18. The molecule has 0 aliphatic heterocycles. The third-order valence-corrected chi connectivity index (χ3v) is 3.42. The lowest BCUT2D eigenvalue weighted by Gasteiger charge is -2.21. The largest absolute Gasteiger partial charge is 0.466 e. The minimum absolute atomic E-state index is 0.0564. The average Bonchev–Trinajstić information content (AvgIpc) is 2.41. The van der Waals surface area contributed by atoms with E-state index in [2.05, 4.69) is 30.3 Å². The van der Waals surface area contributed by atoms with Crippen molar-refractivity contribution in [3.05, 3.63) is 42.0 Å². The van der Waals surface area contributed by atoms with Crippen molar-refractivity contribution in [2.75, 3.05) is 6.61 Å². The van der Waals surface area contributed by atoms with Crippen molar-refractivity contribution in [1.29, 1.82) is 0 Å². The van der Waals surface area contributed by atoms with Gasteiger partial charge in [-0.05, 0) is 43.2 Å². The van der Waals surface area contributed by atoms with E-state index in [1.807, 2.05) is 13.0 Å². The second kappa shape index (κ2) is 6.39. The molecule has 1 aliphatic rings. The zero-order chi connectivity index (χ0) is 12.8. The average molecular weight is 244 g/mol. The molecule has 1 aromatic rings. The number of hydrogen-bond acceptors (Lipinski definition) is 2. The van der Waals surface area contributed by atoms with E-state index in [-0.39, 0.29) is 5.97 Å². The van der Waals surface area contributed by atoms with Crippen LogP contribution in [0.25, 0.3) is 5.57 Å². The molecule has 1 aromatic carbocycles. The Morgan fingerprint density at radius 2 is 2.11 bits per heavy atom. The van der Waals surface area contributed by atoms with Crippen LogP contribution in [0, 0.1) is 5.92 Å². The van der Waals surface area contributed by atoms with E-state index in [1.165, 1.54) is 11.1 Å². The number of benzene rings is 1. The second-order valence-corrected chi connectivity index (χ2v) is 4.74. The van der Waals surface area contributed by atoms with Gasteiger partial charge in [-0.3, -0.25) is 4.79 Å². The van der Waals surface area contributed by atoms with Crippen LogP contribution in [-0.4, -0.2) is 12.6 Å². The van der Waals surface area contributed by atoms with E-state index in [0.717, 1.165) is 19.3 Å². The number of ether oxygens (including phenoxy) is 1. The van der Waals surface area contributed by atoms with Crippen LogP contribution >= 0.6 is 0 Å². The molecular weight excluding hydrogens is 224 g/mol. The van der Waals surface area contributed by atoms with Crippen LogP contribution in [-0.2, 0) is 9.53 Å². The summed E-state index contributed by atoms with van der Waals surface area (Å²) in [7, 11) is 0. The molecule has 2 rings (SSSR count). The lowest BCUT2D eigenvalue weighted by atomic mass is 9.85. The normalized spacial score (nSPS) is 19.2. The molecule has 1 aliphatic carbocycles. The molecule has 1 atom stereocenters. The number of carbonyl (C=O) groups excluding carboxylic acids is 1. The first kappa shape index (κ1) is 12.9. The van der Waals surface area contributed by atoms with Crippen molar-refractivity contribution < 1.29 is 9.53 Å². The van der Waals surface area contributed by atoms with Crippen LogP contribution in [0.4, 0.5) is 0 Å². The van der Waals surface area contributed by atoms with Gasteiger partial charge in [0.15, 0.2) is 0 Å². The van der Waals surface area contributed by atoms with Crippen LogP contribution in [0.1, 0.15) is 38.2 Å². The van der Waals surface area contributed by atoms with Gasteiger partial charge < -0.3 is 4.74 Å². The van der Waals surface area contributed by atoms with E-state index in [0.29, 0.717) is 18.9 Å². The fourth-order valence-corrected chi connectivity index (χ4v) is 2.44. The van der Waals surface area contributed by atoms with Crippen LogP contribution in [0.15, 0.2) is 36.4 Å². The zero-order valence-electron chi connectivity index (χ0n) is 10.9. The molecule has 0 amide bonds. The van der Waals surface area contributed by atoms with E-state index >= 15 is 0 Å². The predicted octanol–water partition coefficient (Wildman–Crippen LogP) is 3.82. The highest BCUT2D eigenvalue weighted by atomic mass is 16.5. The molecule has 2 heteroatoms. The number of hydrogen-bond donors (Lipinski definition) is 0. The maximum Gasteiger partial charge on any atom is 0.306 e. The van der Waals surface area contributed by atoms with Gasteiger partial charge in [-0.2, -0.15) is 0 Å². The van der Waals surface area contributed by atoms with E-state index < -0.39 is 0 Å². The maximum atomic E-state index is 11.4. The van der Waals surface area contributed by atoms with Crippen molar-refractivity contribution in [3.63, 3.8) is 0 Å². The molecular formula is C16H20O2. The number of allylic oxidation sites excluding steroid dienone is 2. The van der Waals surface area contributed by atoms with E-state index in [4.69, 9.17) is 4.74 Å². The van der Waals surface area contributed by atoms with Gasteiger partial charge >= 0.3 is 5.97 Å². The Kier molecular flexibility index (Phi) is 4.57. The predicted molar refractivity (Wildman–Crippen MR) is 73.0 cm³/mol. The van der Waals surface area contributed by atoms with Crippen LogP contribution in [0.5, 0.6) is 0 Å². The van der Waals surface area contributed by atoms with Gasteiger partial charge in [0.05, 0.1) is 6.61 Å². The van der Waals surface area contributed by atoms with Gasteiger partial charge in [-0.15, -0.1) is 0 Å². The smallest absolute Gasteiger partial charge is 0.306 e. The molecule has 0 aromatic heterocycles. The summed E-state index contributed by atoms with van der Waals surface area (Å²) in [6, 6.07) is 10.5. The number of carbonyl (C=O) groups is 1. The Morgan fingerprint density at radius 3 is 2.72 bits per heavy atom. The standard InChI is InChI=1S/C16H20O2/c1-2-18-16(17)12-13-8-10-15(11-9-13)14-6-4-3-5-7-14/h3-7,10,13H,2,8-9,11-12H2,1H3.